The van der Waals surface area contributed by atoms with E-state index in [1.54, 1.807) is 0 Å². The quantitative estimate of drug-likeness (QED) is 0.282. The monoisotopic (exact) mass is 567 g/mol. The third kappa shape index (κ3) is 6.71. The highest BCUT2D eigenvalue weighted by Gasteiger charge is 2.70. The van der Waals surface area contributed by atoms with Crippen LogP contribution in [0.15, 0.2) is 48.9 Å². The fourth-order valence-corrected chi connectivity index (χ4v) is 4.98. The first-order valence-corrected chi connectivity index (χ1v) is 13.4. The lowest BCUT2D eigenvalue weighted by Gasteiger charge is -2.44. The number of rotatable bonds is 11. The van der Waals surface area contributed by atoms with Gasteiger partial charge in [0.05, 0.1) is 19.0 Å². The molecule has 0 aliphatic carbocycles. The molecule has 41 heavy (non-hydrogen) atoms. The van der Waals surface area contributed by atoms with Crippen LogP contribution in [-0.2, 0) is 34.9 Å². The van der Waals surface area contributed by atoms with Crippen molar-refractivity contribution in [2.75, 3.05) is 14.1 Å². The van der Waals surface area contributed by atoms with Crippen LogP contribution >= 0.6 is 0 Å². The number of benzene rings is 1. The van der Waals surface area contributed by atoms with Gasteiger partial charge in [-0.25, -0.2) is 4.98 Å². The summed E-state index contributed by atoms with van der Waals surface area (Å²) in [6, 6.07) is 8.01. The maximum atomic E-state index is 13.8. The summed E-state index contributed by atoms with van der Waals surface area (Å²) in [5.74, 6) is -4.27. The number of hydrogen-bond acceptors (Lipinski definition) is 9. The zero-order chi connectivity index (χ0) is 29.8. The molecule has 0 spiro atoms. The van der Waals surface area contributed by atoms with E-state index in [0.717, 1.165) is 5.56 Å². The molecule has 3 amide bonds. The van der Waals surface area contributed by atoms with E-state index in [1.807, 2.05) is 44.2 Å². The van der Waals surface area contributed by atoms with Gasteiger partial charge in [-0.05, 0) is 11.5 Å². The Labute approximate surface area is 237 Å². The van der Waals surface area contributed by atoms with Crippen LogP contribution in [0.25, 0.3) is 0 Å². The standard InChI is InChI=1S/C27H34BN5O8/c1-17(2)12-21(28-39-23(35)15-27(41-28,26(38)40-28)14-22(34)33(3)4)32-24(36)19(13-18-8-6-5-7-9-18)31-25(37)20-16-29-10-11-30-20/h5-11,16-17,19,21,40H,12-15H2,1-4H3,(H,31,37)(H,32,36)/t19-,21-,27+,28?/m0/s1. The highest BCUT2D eigenvalue weighted by molar-refractivity contribution is 6.67. The number of hydrogen-bond donors (Lipinski definition) is 2. The van der Waals surface area contributed by atoms with Crippen molar-refractivity contribution in [1.29, 1.82) is 0 Å². The topological polar surface area (TPSA) is 170 Å². The van der Waals surface area contributed by atoms with E-state index < -0.39 is 66.8 Å². The number of carbonyl (C=O) groups is 5. The zero-order valence-corrected chi connectivity index (χ0v) is 23.4. The number of fused-ring (bicyclic) bond motifs is 2. The molecule has 2 aliphatic heterocycles. The predicted molar refractivity (Wildman–Crippen MR) is 146 cm³/mol. The molecule has 218 valence electrons. The third-order valence-corrected chi connectivity index (χ3v) is 7.01. The average molecular weight is 567 g/mol. The molecule has 2 saturated heterocycles. The second-order valence-electron chi connectivity index (χ2n) is 11.0. The molecule has 0 radical (unpaired) electrons. The van der Waals surface area contributed by atoms with Gasteiger partial charge < -0.3 is 29.5 Å². The highest BCUT2D eigenvalue weighted by Crippen LogP contribution is 2.41. The van der Waals surface area contributed by atoms with Crippen LogP contribution in [-0.4, -0.2) is 87.6 Å². The Morgan fingerprint density at radius 2 is 1.85 bits per heavy atom. The summed E-state index contributed by atoms with van der Waals surface area (Å²) in [4.78, 5) is 74.4. The van der Waals surface area contributed by atoms with Crippen molar-refractivity contribution in [3.05, 3.63) is 60.2 Å². The van der Waals surface area contributed by atoms with Crippen molar-refractivity contribution in [1.82, 2.24) is 25.5 Å². The molecule has 4 atom stereocenters. The van der Waals surface area contributed by atoms with E-state index in [-0.39, 0.29) is 24.5 Å². The van der Waals surface area contributed by atoms with Gasteiger partial charge in [-0.1, -0.05) is 50.6 Å². The maximum Gasteiger partial charge on any atom is 0.594 e. The Kier molecular flexibility index (Phi) is 8.71. The van der Waals surface area contributed by atoms with E-state index in [0.29, 0.717) is 0 Å². The van der Waals surface area contributed by atoms with Crippen LogP contribution in [0.2, 0.25) is 0 Å². The molecule has 14 heteroatoms. The summed E-state index contributed by atoms with van der Waals surface area (Å²) >= 11 is 0. The summed E-state index contributed by atoms with van der Waals surface area (Å²) in [7, 11) is 3.05. The van der Waals surface area contributed by atoms with Crippen molar-refractivity contribution in [3.8, 4) is 0 Å². The number of nitrogens with zero attached hydrogens (tertiary/aromatic N) is 3. The van der Waals surface area contributed by atoms with Crippen molar-refractivity contribution >= 4 is 36.4 Å². The van der Waals surface area contributed by atoms with Crippen LogP contribution in [0.3, 0.4) is 0 Å². The molecule has 2 bridgehead atoms. The van der Waals surface area contributed by atoms with Crippen LogP contribution in [0.4, 0.5) is 0 Å². The first-order chi connectivity index (χ1) is 19.4. The lowest BCUT2D eigenvalue weighted by Crippen LogP contribution is -2.67. The van der Waals surface area contributed by atoms with Gasteiger partial charge in [-0.3, -0.25) is 24.2 Å². The molecule has 2 aromatic rings. The number of carbonyl (C=O) groups excluding carboxylic acids is 4. The number of amides is 3. The predicted octanol–water partition coefficient (Wildman–Crippen LogP) is 0.0755. The van der Waals surface area contributed by atoms with E-state index in [2.05, 4.69) is 25.3 Å². The molecule has 13 nitrogen and oxygen atoms in total. The zero-order valence-electron chi connectivity index (χ0n) is 23.4. The van der Waals surface area contributed by atoms with Gasteiger partial charge in [0.2, 0.25) is 17.4 Å². The Bertz CT molecular complexity index is 1310. The van der Waals surface area contributed by atoms with Crippen LogP contribution < -0.4 is 10.6 Å². The minimum Gasteiger partial charge on any atom is -0.715 e. The van der Waals surface area contributed by atoms with E-state index >= 15 is 0 Å². The normalized spacial score (nSPS) is 22.8. The van der Waals surface area contributed by atoms with Crippen molar-refractivity contribution in [3.63, 3.8) is 0 Å². The van der Waals surface area contributed by atoms with E-state index in [9.17, 15) is 24.0 Å². The summed E-state index contributed by atoms with van der Waals surface area (Å²) in [5.41, 5.74) is -1.00. The number of aromatic nitrogens is 2. The van der Waals surface area contributed by atoms with Gasteiger partial charge in [-0.15, -0.1) is 0 Å². The largest absolute Gasteiger partial charge is 0.715 e. The fraction of sp³-hybridized carbons (Fsp3) is 0.444. The molecule has 2 aliphatic rings. The SMILES string of the molecule is CC(C)C[C@H](NC(=O)[C@H](Cc1ccccc1)NC(=O)c1cnccn1)[B-]12OC(=O)C[C@@](CC(=O)N(C)C)(O1)C(=O)[OH+]2. The van der Waals surface area contributed by atoms with Crippen molar-refractivity contribution in [2.45, 2.75) is 57.1 Å². The highest BCUT2D eigenvalue weighted by atomic mass is 16.8. The first-order valence-electron chi connectivity index (χ1n) is 13.4. The molecule has 3 N–H and O–H groups in total. The minimum atomic E-state index is -3.03. The van der Waals surface area contributed by atoms with Crippen LogP contribution in [0.1, 0.15) is 49.2 Å². The molecule has 1 aromatic carbocycles. The first kappa shape index (κ1) is 29.7. The fourth-order valence-electron chi connectivity index (χ4n) is 4.98. The smallest absolute Gasteiger partial charge is 0.594 e. The Morgan fingerprint density at radius 1 is 1.12 bits per heavy atom. The second-order valence-corrected chi connectivity index (χ2v) is 11.0. The molecule has 3 heterocycles. The number of carboxylic acids is 1. The summed E-state index contributed by atoms with van der Waals surface area (Å²) in [5, 5.41) is 5.55. The summed E-state index contributed by atoms with van der Waals surface area (Å²) in [6.07, 6.45) is 3.56. The number of nitrogens with one attached hydrogen (secondary N) is 2. The van der Waals surface area contributed by atoms with Gasteiger partial charge in [0.1, 0.15) is 11.7 Å². The second kappa shape index (κ2) is 12.0. The van der Waals surface area contributed by atoms with Crippen molar-refractivity contribution in [2.24, 2.45) is 5.92 Å². The van der Waals surface area contributed by atoms with Crippen molar-refractivity contribution < 1.29 is 37.9 Å². The van der Waals surface area contributed by atoms with E-state index in [4.69, 9.17) is 9.31 Å². The third-order valence-electron chi connectivity index (χ3n) is 7.01. The van der Waals surface area contributed by atoms with E-state index in [1.165, 1.54) is 37.6 Å². The molecular weight excluding hydrogens is 533 g/mol. The maximum absolute atomic E-state index is 13.8. The molecule has 0 saturated carbocycles. The molecule has 1 unspecified atom stereocenters. The molecular formula is C27H34BN5O8. The summed E-state index contributed by atoms with van der Waals surface area (Å²) < 4.78 is 15.8. The molecule has 2 fully saturated rings. The molecule has 4 rings (SSSR count). The van der Waals surface area contributed by atoms with Gasteiger partial charge in [0.15, 0.2) is 0 Å². The van der Waals surface area contributed by atoms with Gasteiger partial charge >= 0.3 is 12.7 Å². The summed E-state index contributed by atoms with van der Waals surface area (Å²) in [6.45, 7) is 0.735. The van der Waals surface area contributed by atoms with Gasteiger partial charge in [0.25, 0.3) is 11.9 Å². The van der Waals surface area contributed by atoms with Gasteiger partial charge in [0, 0.05) is 43.6 Å². The lowest BCUT2D eigenvalue weighted by molar-refractivity contribution is -0.160. The molecule has 1 aromatic heterocycles. The Morgan fingerprint density at radius 3 is 2.49 bits per heavy atom. The Hall–Kier alpha value is -4.33. The lowest BCUT2D eigenvalue weighted by atomic mass is 9.64. The minimum absolute atomic E-state index is 0.0242. The number of aliphatic carboxylic acids is 1. The average Bonchev–Trinajstić information content (AvgIpc) is 3.13. The Balaban J connectivity index is 1.62. The van der Waals surface area contributed by atoms with Gasteiger partial charge in [-0.2, -0.15) is 0 Å². The van der Waals surface area contributed by atoms with Crippen LogP contribution in [0, 0.1) is 5.92 Å². The van der Waals surface area contributed by atoms with Crippen LogP contribution in [0.5, 0.6) is 0 Å².